The van der Waals surface area contributed by atoms with Gasteiger partial charge in [-0.3, -0.25) is 0 Å². The Kier molecular flexibility index (Phi) is 9.92. The van der Waals surface area contributed by atoms with Crippen molar-refractivity contribution in [1.82, 2.24) is 0 Å². The molecule has 1 aliphatic carbocycles. The number of rotatable bonds is 4. The molecule has 0 saturated heterocycles. The van der Waals surface area contributed by atoms with E-state index in [9.17, 15) is 0 Å². The van der Waals surface area contributed by atoms with Crippen LogP contribution in [0, 0.1) is 0 Å². The molecule has 2 rings (SSSR count). The van der Waals surface area contributed by atoms with Crippen LogP contribution in [0.5, 0.6) is 5.75 Å². The first-order valence-corrected chi connectivity index (χ1v) is 12.2. The number of ether oxygens (including phenoxy) is 1. The van der Waals surface area contributed by atoms with Crippen molar-refractivity contribution in [1.29, 1.82) is 0 Å². The quantitative estimate of drug-likeness (QED) is 0.556. The Bertz CT molecular complexity index is 365. The fourth-order valence-corrected chi connectivity index (χ4v) is 2.28. The van der Waals surface area contributed by atoms with Gasteiger partial charge in [-0.05, 0) is 12.1 Å². The minimum absolute atomic E-state index is 0.0157. The molecule has 2 atom stereocenters. The van der Waals surface area contributed by atoms with E-state index >= 15 is 0 Å². The molecule has 1 N–H and O–H groups in total. The number of nitrogens with one attached hydrogen (secondary N) is 1. The van der Waals surface area contributed by atoms with Crippen LogP contribution in [0.15, 0.2) is 24.3 Å². The van der Waals surface area contributed by atoms with Crippen LogP contribution in [-0.2, 0) is 23.0 Å². The number of methoxy groups -OCH3 is 1. The van der Waals surface area contributed by atoms with Crippen molar-refractivity contribution in [3.63, 3.8) is 0 Å². The van der Waals surface area contributed by atoms with Gasteiger partial charge in [0.25, 0.3) is 0 Å². The van der Waals surface area contributed by atoms with Crippen molar-refractivity contribution in [2.45, 2.75) is 44.3 Å². The predicted octanol–water partition coefficient (Wildman–Crippen LogP) is 5.31. The first-order chi connectivity index (χ1) is 9.71. The molecule has 20 heavy (non-hydrogen) atoms. The second-order valence-electron chi connectivity index (χ2n) is 4.69. The fourth-order valence-electron chi connectivity index (χ4n) is 2.28. The average Bonchev–Trinajstić information content (AvgIpc) is 2.48. The van der Waals surface area contributed by atoms with Crippen molar-refractivity contribution < 1.29 is 21.2 Å². The summed E-state index contributed by atoms with van der Waals surface area (Å²) in [5.74, 6) is 0.879. The van der Waals surface area contributed by atoms with Gasteiger partial charge in [0, 0.05) is 0 Å². The van der Waals surface area contributed by atoms with Crippen molar-refractivity contribution in [2.75, 3.05) is 7.11 Å². The zero-order valence-corrected chi connectivity index (χ0v) is 15.2. The van der Waals surface area contributed by atoms with Crippen LogP contribution < -0.4 is 4.74 Å². The van der Waals surface area contributed by atoms with E-state index in [4.69, 9.17) is 29.3 Å². The zero-order valence-electron chi connectivity index (χ0n) is 11.4. The van der Waals surface area contributed by atoms with Crippen LogP contribution in [0.4, 0.5) is 0 Å². The Morgan fingerprint density at radius 3 is 2.40 bits per heavy atom. The second kappa shape index (κ2) is 10.9. The Morgan fingerprint density at radius 1 is 1.25 bits per heavy atom. The van der Waals surface area contributed by atoms with E-state index < -0.39 is 16.5 Å². The summed E-state index contributed by atoms with van der Waals surface area (Å²) in [6.45, 7) is 0.726. The number of hydrogen-bond donors (Lipinski definition) is 0. The van der Waals surface area contributed by atoms with E-state index in [2.05, 4.69) is 5.32 Å². The normalized spacial score (nSPS) is 22.0. The van der Waals surface area contributed by atoms with Gasteiger partial charge in [0.2, 0.25) is 0 Å². The Morgan fingerprint density at radius 2 is 1.85 bits per heavy atom. The number of hydrogen-bond acceptors (Lipinski definition) is 1. The van der Waals surface area contributed by atoms with Crippen LogP contribution in [0.3, 0.4) is 0 Å². The summed E-state index contributed by atoms with van der Waals surface area (Å²) in [6, 6.07) is 8.27. The molecule has 3 nitrogen and oxygen atoms in total. The molecule has 1 aliphatic rings. The molecule has 0 bridgehead atoms. The summed E-state index contributed by atoms with van der Waals surface area (Å²) < 4.78 is 5.12. The average molecular weight is 498 g/mol. The van der Waals surface area contributed by atoms with Gasteiger partial charge in [-0.25, -0.2) is 0 Å². The van der Waals surface area contributed by atoms with Gasteiger partial charge in [0.05, 0.1) is 7.11 Å². The van der Waals surface area contributed by atoms with Crippen LogP contribution in [0.1, 0.15) is 31.2 Å². The van der Waals surface area contributed by atoms with Gasteiger partial charge >= 0.3 is 35.3 Å². The van der Waals surface area contributed by atoms with Crippen LogP contribution >= 0.6 is 18.8 Å². The number of benzene rings is 1. The second-order valence-corrected chi connectivity index (χ2v) is 7.98. The Hall–Kier alpha value is 0.208. The van der Waals surface area contributed by atoms with E-state index in [1.165, 1.54) is 18.4 Å². The molecule has 0 aromatic heterocycles. The molecule has 0 radical (unpaired) electrons. The SMILES string of the molecule is COc1ccc(C[N-][C@@H]2CCCCC2[NH-])cc1.[Cl][Pt+2][Cl]. The molecule has 1 aromatic rings. The zero-order chi connectivity index (χ0) is 14.8. The first kappa shape index (κ1) is 18.3. The third-order valence-corrected chi connectivity index (χ3v) is 3.40. The van der Waals surface area contributed by atoms with Crippen molar-refractivity contribution in [3.05, 3.63) is 40.9 Å². The number of nitrogens with zero attached hydrogens (tertiary/aromatic N) is 1. The summed E-state index contributed by atoms with van der Waals surface area (Å²) >= 11 is -0.472. The first-order valence-electron chi connectivity index (χ1n) is 6.54. The summed E-state index contributed by atoms with van der Waals surface area (Å²) in [5, 5.41) is 4.66. The van der Waals surface area contributed by atoms with Gasteiger partial charge in [-0.1, -0.05) is 43.4 Å². The fraction of sp³-hybridized carbons (Fsp3) is 0.571. The summed E-state index contributed by atoms with van der Waals surface area (Å²) in [4.78, 5) is 0. The van der Waals surface area contributed by atoms with E-state index in [1.807, 2.05) is 24.3 Å². The van der Waals surface area contributed by atoms with Gasteiger partial charge in [0.15, 0.2) is 0 Å². The molecule has 116 valence electrons. The molecule has 1 fully saturated rings. The van der Waals surface area contributed by atoms with Crippen molar-refractivity contribution in [3.8, 4) is 5.75 Å². The van der Waals surface area contributed by atoms with E-state index in [0.717, 1.165) is 25.1 Å². The number of halogens is 2. The monoisotopic (exact) mass is 497 g/mol. The third-order valence-electron chi connectivity index (χ3n) is 3.40. The molecule has 0 heterocycles. The van der Waals surface area contributed by atoms with Gasteiger partial charge in [-0.15, -0.1) is 6.54 Å². The third kappa shape index (κ3) is 6.78. The molecule has 1 aromatic carbocycles. The summed E-state index contributed by atoms with van der Waals surface area (Å²) in [7, 11) is 11.4. The maximum atomic E-state index is 7.95. The molecule has 0 amide bonds. The molecule has 0 aliphatic heterocycles. The molecule has 1 saturated carbocycles. The van der Waals surface area contributed by atoms with Crippen molar-refractivity contribution >= 4 is 18.8 Å². The van der Waals surface area contributed by atoms with E-state index in [0.29, 0.717) is 0 Å². The van der Waals surface area contributed by atoms with Crippen LogP contribution in [0.25, 0.3) is 11.1 Å². The van der Waals surface area contributed by atoms with Crippen molar-refractivity contribution in [2.24, 2.45) is 0 Å². The Balaban J connectivity index is 0.000000612. The summed E-state index contributed by atoms with van der Waals surface area (Å²) in [6.07, 6.45) is 4.52. The van der Waals surface area contributed by atoms with E-state index in [-0.39, 0.29) is 12.1 Å². The van der Waals surface area contributed by atoms with E-state index in [1.54, 1.807) is 7.11 Å². The maximum absolute atomic E-state index is 7.95. The van der Waals surface area contributed by atoms with Crippen LogP contribution in [-0.4, -0.2) is 19.2 Å². The molecule has 0 spiro atoms. The molecule has 1 unspecified atom stereocenters. The van der Waals surface area contributed by atoms with Crippen LogP contribution in [0.2, 0.25) is 0 Å². The minimum atomic E-state index is -0.472. The molecular formula is C14H20Cl2N2OPt. The van der Waals surface area contributed by atoms with Gasteiger partial charge in [-0.2, -0.15) is 12.1 Å². The molecular weight excluding hydrogens is 478 g/mol. The standard InChI is InChI=1S/C14H20N2O.2ClH.Pt/c1-17-12-8-6-11(7-9-12)10-16-14-5-3-2-4-13(14)15;;;/h6-9,13-15H,2-5,10H2,1H3;2*1H;/q-2;;;+4/p-2/t13?,14-;;;/m1.../s1. The Labute approximate surface area is 137 Å². The van der Waals surface area contributed by atoms with Gasteiger partial charge in [0.1, 0.15) is 5.75 Å². The van der Waals surface area contributed by atoms with Gasteiger partial charge < -0.3 is 15.8 Å². The molecule has 6 heteroatoms. The summed E-state index contributed by atoms with van der Waals surface area (Å²) in [5.41, 5.74) is 9.14. The topological polar surface area (TPSA) is 47.1 Å². The predicted molar refractivity (Wildman–Crippen MR) is 82.1 cm³/mol.